The van der Waals surface area contributed by atoms with E-state index in [1.54, 1.807) is 13.2 Å². The van der Waals surface area contributed by atoms with Crippen LogP contribution in [0, 0.1) is 0 Å². The van der Waals surface area contributed by atoms with Crippen LogP contribution >= 0.6 is 0 Å². The van der Waals surface area contributed by atoms with Crippen molar-refractivity contribution in [3.8, 4) is 34.1 Å². The lowest BCUT2D eigenvalue weighted by Gasteiger charge is -2.05. The predicted octanol–water partition coefficient (Wildman–Crippen LogP) is 4.49. The molecule has 5 rings (SSSR count). The number of ether oxygens (including phenoxy) is 2. The van der Waals surface area contributed by atoms with Gasteiger partial charge in [-0.05, 0) is 42.5 Å². The topological polar surface area (TPSA) is 73.8 Å². The van der Waals surface area contributed by atoms with Gasteiger partial charge >= 0.3 is 5.63 Å². The maximum absolute atomic E-state index is 12.0. The smallest absolute Gasteiger partial charge is 0.336 e. The van der Waals surface area contributed by atoms with Crippen LogP contribution in [-0.2, 0) is 0 Å². The number of furan rings is 1. The zero-order chi connectivity index (χ0) is 18.4. The highest BCUT2D eigenvalue weighted by Crippen LogP contribution is 2.37. The second kappa shape index (κ2) is 5.95. The molecular weight excluding hydrogens is 346 g/mol. The minimum absolute atomic E-state index is 0.442. The van der Waals surface area contributed by atoms with E-state index in [9.17, 15) is 4.79 Å². The first-order valence-corrected chi connectivity index (χ1v) is 8.44. The molecule has 1 N–H and O–H groups in total. The molecule has 1 aliphatic heterocycles. The van der Waals surface area contributed by atoms with Crippen molar-refractivity contribution in [2.75, 3.05) is 19.2 Å². The summed E-state index contributed by atoms with van der Waals surface area (Å²) in [6, 6.07) is 16.4. The Morgan fingerprint density at radius 3 is 2.74 bits per heavy atom. The Labute approximate surface area is 153 Å². The highest BCUT2D eigenvalue weighted by molar-refractivity contribution is 5.92. The number of benzene rings is 2. The fourth-order valence-electron chi connectivity index (χ4n) is 3.25. The molecule has 2 aromatic heterocycles. The van der Waals surface area contributed by atoms with Crippen molar-refractivity contribution >= 4 is 16.7 Å². The first-order valence-electron chi connectivity index (χ1n) is 8.44. The zero-order valence-corrected chi connectivity index (χ0v) is 14.4. The highest BCUT2D eigenvalue weighted by Gasteiger charge is 2.16. The van der Waals surface area contributed by atoms with E-state index in [0.29, 0.717) is 35.1 Å². The van der Waals surface area contributed by atoms with Gasteiger partial charge in [0.2, 0.25) is 0 Å². The molecule has 6 heteroatoms. The number of methoxy groups -OCH3 is 1. The molecule has 2 aromatic carbocycles. The lowest BCUT2D eigenvalue weighted by Crippen LogP contribution is -1.98. The van der Waals surface area contributed by atoms with E-state index in [0.717, 1.165) is 22.4 Å². The minimum atomic E-state index is -0.442. The van der Waals surface area contributed by atoms with Crippen molar-refractivity contribution in [2.24, 2.45) is 0 Å². The normalized spacial score (nSPS) is 12.5. The van der Waals surface area contributed by atoms with Crippen LogP contribution in [-0.4, -0.2) is 13.8 Å². The summed E-state index contributed by atoms with van der Waals surface area (Å²) >= 11 is 0. The van der Waals surface area contributed by atoms with Gasteiger partial charge in [0.15, 0.2) is 6.73 Å². The van der Waals surface area contributed by atoms with E-state index in [4.69, 9.17) is 18.3 Å². The Balaban J connectivity index is 1.61. The molecule has 0 bridgehead atoms. The van der Waals surface area contributed by atoms with Crippen LogP contribution in [0.1, 0.15) is 0 Å². The van der Waals surface area contributed by atoms with Crippen molar-refractivity contribution < 1.29 is 18.3 Å². The minimum Gasteiger partial charge on any atom is -0.497 e. The molecule has 0 saturated carbocycles. The third-order valence-electron chi connectivity index (χ3n) is 4.58. The number of nitrogens with one attached hydrogen (secondary N) is 1. The highest BCUT2D eigenvalue weighted by atomic mass is 16.5. The Kier molecular flexibility index (Phi) is 3.43. The van der Waals surface area contributed by atoms with E-state index in [2.05, 4.69) is 5.32 Å². The van der Waals surface area contributed by atoms with E-state index in [1.165, 1.54) is 6.07 Å². The van der Waals surface area contributed by atoms with E-state index in [-0.39, 0.29) is 0 Å². The first kappa shape index (κ1) is 15.6. The van der Waals surface area contributed by atoms with Gasteiger partial charge in [-0.1, -0.05) is 0 Å². The monoisotopic (exact) mass is 361 g/mol. The van der Waals surface area contributed by atoms with Crippen LogP contribution in [0.2, 0.25) is 0 Å². The Morgan fingerprint density at radius 1 is 0.963 bits per heavy atom. The lowest BCUT2D eigenvalue weighted by atomic mass is 10.1. The third kappa shape index (κ3) is 2.62. The summed E-state index contributed by atoms with van der Waals surface area (Å²) < 4.78 is 22.0. The number of anilines is 1. The molecular formula is C21H15NO5. The third-order valence-corrected chi connectivity index (χ3v) is 4.58. The molecule has 1 aliphatic rings. The van der Waals surface area contributed by atoms with Gasteiger partial charge in [-0.25, -0.2) is 4.79 Å². The fourth-order valence-corrected chi connectivity index (χ4v) is 3.25. The van der Waals surface area contributed by atoms with E-state index < -0.39 is 5.63 Å². The first-order chi connectivity index (χ1) is 13.2. The van der Waals surface area contributed by atoms with Crippen molar-refractivity contribution in [2.45, 2.75) is 0 Å². The van der Waals surface area contributed by atoms with Crippen molar-refractivity contribution in [1.82, 2.24) is 0 Å². The van der Waals surface area contributed by atoms with Gasteiger partial charge in [0.1, 0.15) is 28.6 Å². The Morgan fingerprint density at radius 2 is 1.85 bits per heavy atom. The average Bonchev–Trinajstić information content (AvgIpc) is 3.35. The van der Waals surface area contributed by atoms with Crippen LogP contribution < -0.4 is 20.4 Å². The van der Waals surface area contributed by atoms with Gasteiger partial charge < -0.3 is 23.6 Å². The van der Waals surface area contributed by atoms with Gasteiger partial charge in [0.25, 0.3) is 0 Å². The van der Waals surface area contributed by atoms with Gasteiger partial charge in [-0.3, -0.25) is 0 Å². The van der Waals surface area contributed by atoms with Crippen molar-refractivity contribution in [3.63, 3.8) is 0 Å². The number of rotatable bonds is 3. The fraction of sp³-hybridized carbons (Fsp3) is 0.0952. The predicted molar refractivity (Wildman–Crippen MR) is 101 cm³/mol. The zero-order valence-electron chi connectivity index (χ0n) is 14.4. The van der Waals surface area contributed by atoms with E-state index in [1.807, 2.05) is 42.5 Å². The standard InChI is InChI=1S/C21H15NO5/c1-24-13-3-4-14-15(10-21(23)27-20(14)9-13)18-7-6-17(26-18)12-2-5-19-16(8-12)22-11-25-19/h2-10,22H,11H2,1H3. The largest absolute Gasteiger partial charge is 0.497 e. The Bertz CT molecular complexity index is 1220. The molecule has 0 aliphatic carbocycles. The number of hydrogen-bond acceptors (Lipinski definition) is 6. The molecule has 3 heterocycles. The maximum atomic E-state index is 12.0. The molecule has 0 unspecified atom stereocenters. The molecule has 0 atom stereocenters. The van der Waals surface area contributed by atoms with Crippen LogP contribution in [0.5, 0.6) is 11.5 Å². The lowest BCUT2D eigenvalue weighted by molar-refractivity contribution is 0.372. The second-order valence-electron chi connectivity index (χ2n) is 6.18. The van der Waals surface area contributed by atoms with Crippen molar-refractivity contribution in [1.29, 1.82) is 0 Å². The summed E-state index contributed by atoms with van der Waals surface area (Å²) in [4.78, 5) is 12.0. The molecule has 0 spiro atoms. The van der Waals surface area contributed by atoms with Crippen LogP contribution in [0.15, 0.2) is 68.2 Å². The molecule has 0 saturated heterocycles. The van der Waals surface area contributed by atoms with Crippen LogP contribution in [0.4, 0.5) is 5.69 Å². The number of hydrogen-bond donors (Lipinski definition) is 1. The summed E-state index contributed by atoms with van der Waals surface area (Å²) in [5.41, 5.74) is 2.55. The summed E-state index contributed by atoms with van der Waals surface area (Å²) in [5.74, 6) is 2.75. The summed E-state index contributed by atoms with van der Waals surface area (Å²) in [6.07, 6.45) is 0. The molecule has 0 amide bonds. The quantitative estimate of drug-likeness (QED) is 0.542. The SMILES string of the molecule is COc1ccc2c(-c3ccc(-c4ccc5c(c4)NCO5)o3)cc(=O)oc2c1. The number of fused-ring (bicyclic) bond motifs is 2. The summed E-state index contributed by atoms with van der Waals surface area (Å²) in [5, 5.41) is 3.94. The summed E-state index contributed by atoms with van der Waals surface area (Å²) in [7, 11) is 1.57. The van der Waals surface area contributed by atoms with Crippen LogP contribution in [0.25, 0.3) is 33.6 Å². The molecule has 4 aromatic rings. The Hall–Kier alpha value is -3.67. The van der Waals surface area contributed by atoms with Gasteiger partial charge in [-0.15, -0.1) is 0 Å². The average molecular weight is 361 g/mol. The van der Waals surface area contributed by atoms with Gasteiger partial charge in [0.05, 0.1) is 12.8 Å². The van der Waals surface area contributed by atoms with E-state index >= 15 is 0 Å². The molecule has 27 heavy (non-hydrogen) atoms. The van der Waals surface area contributed by atoms with Gasteiger partial charge in [-0.2, -0.15) is 0 Å². The van der Waals surface area contributed by atoms with Gasteiger partial charge in [0, 0.05) is 28.6 Å². The molecule has 0 radical (unpaired) electrons. The maximum Gasteiger partial charge on any atom is 0.336 e. The van der Waals surface area contributed by atoms with Crippen LogP contribution in [0.3, 0.4) is 0 Å². The molecule has 134 valence electrons. The second-order valence-corrected chi connectivity index (χ2v) is 6.18. The van der Waals surface area contributed by atoms with Crippen molar-refractivity contribution in [3.05, 3.63) is 65.0 Å². The summed E-state index contributed by atoms with van der Waals surface area (Å²) in [6.45, 7) is 0.470. The molecule has 0 fully saturated rings. The molecule has 6 nitrogen and oxygen atoms in total.